The number of carbonyl (C=O) groups is 1. The molecule has 17 heavy (non-hydrogen) atoms. The van der Waals surface area contributed by atoms with Crippen LogP contribution in [0.15, 0.2) is 36.9 Å². The maximum atomic E-state index is 12.0. The fraction of sp³-hybridized carbons (Fsp3) is 0.308. The lowest BCUT2D eigenvalue weighted by atomic mass is 10.0. The van der Waals surface area contributed by atoms with Crippen LogP contribution in [0.1, 0.15) is 6.42 Å². The molecule has 4 nitrogen and oxygen atoms in total. The molecule has 1 rings (SSSR count). The minimum Gasteiger partial charge on any atom is -0.508 e. The molecule has 1 unspecified atom stereocenters. The average molecular weight is 235 g/mol. The summed E-state index contributed by atoms with van der Waals surface area (Å²) in [7, 11) is 1.64. The van der Waals surface area contributed by atoms with Crippen molar-refractivity contribution in [3.8, 4) is 5.75 Å². The van der Waals surface area contributed by atoms with Gasteiger partial charge in [0.15, 0.2) is 0 Å². The predicted octanol–water partition coefficient (Wildman–Crippen LogP) is 1.54. The Bertz CT molecular complexity index is 386. The van der Waals surface area contributed by atoms with Gasteiger partial charge in [0.2, 0.25) is 5.91 Å². The zero-order chi connectivity index (χ0) is 12.8. The second-order valence-electron chi connectivity index (χ2n) is 3.82. The van der Waals surface area contributed by atoms with E-state index in [1.807, 2.05) is 0 Å². The number of carbonyl (C=O) groups excluding carboxylic acids is 1. The highest BCUT2D eigenvalue weighted by Gasteiger charge is 2.20. The lowest BCUT2D eigenvalue weighted by Gasteiger charge is -2.22. The zero-order valence-electron chi connectivity index (χ0n) is 9.84. The van der Waals surface area contributed by atoms with Gasteiger partial charge in [0, 0.05) is 12.7 Å². The van der Waals surface area contributed by atoms with Crippen LogP contribution in [-0.4, -0.2) is 29.8 Å². The van der Waals surface area contributed by atoms with Crippen LogP contribution in [0, 0.1) is 5.92 Å². The van der Waals surface area contributed by atoms with Crippen LogP contribution in [0.2, 0.25) is 0 Å². The number of hydrogen-bond acceptors (Lipinski definition) is 3. The van der Waals surface area contributed by atoms with E-state index >= 15 is 0 Å². The van der Waals surface area contributed by atoms with Crippen molar-refractivity contribution in [2.75, 3.05) is 18.6 Å². The van der Waals surface area contributed by atoms with E-state index in [-0.39, 0.29) is 18.3 Å². The Morgan fingerprint density at radius 3 is 2.53 bits per heavy atom. The van der Waals surface area contributed by atoms with Crippen LogP contribution in [0.25, 0.3) is 0 Å². The second-order valence-corrected chi connectivity index (χ2v) is 3.82. The molecule has 0 saturated carbocycles. The first kappa shape index (κ1) is 13.3. The maximum Gasteiger partial charge on any atom is 0.232 e. The van der Waals surface area contributed by atoms with Crippen molar-refractivity contribution in [3.63, 3.8) is 0 Å². The topological polar surface area (TPSA) is 60.8 Å². The Morgan fingerprint density at radius 1 is 1.47 bits per heavy atom. The summed E-state index contributed by atoms with van der Waals surface area (Å²) in [5.41, 5.74) is 0.676. The minimum absolute atomic E-state index is 0.152. The second kappa shape index (κ2) is 6.06. The molecule has 4 heteroatoms. The van der Waals surface area contributed by atoms with Crippen LogP contribution < -0.4 is 4.90 Å². The van der Waals surface area contributed by atoms with Crippen molar-refractivity contribution < 1.29 is 15.0 Å². The van der Waals surface area contributed by atoms with Gasteiger partial charge in [-0.15, -0.1) is 6.58 Å². The van der Waals surface area contributed by atoms with Gasteiger partial charge in [0.25, 0.3) is 0 Å². The largest absolute Gasteiger partial charge is 0.508 e. The van der Waals surface area contributed by atoms with Gasteiger partial charge in [-0.3, -0.25) is 4.79 Å². The molecule has 92 valence electrons. The molecule has 0 spiro atoms. The van der Waals surface area contributed by atoms with Gasteiger partial charge in [-0.1, -0.05) is 6.08 Å². The molecule has 0 radical (unpaired) electrons. The van der Waals surface area contributed by atoms with E-state index in [1.165, 1.54) is 17.0 Å². The Balaban J connectivity index is 2.81. The van der Waals surface area contributed by atoms with Gasteiger partial charge in [-0.05, 0) is 30.7 Å². The van der Waals surface area contributed by atoms with Crippen molar-refractivity contribution >= 4 is 11.6 Å². The standard InChI is InChI=1S/C13H17NO3/c1-3-4-10(9-15)13(17)14(2)11-5-7-12(16)8-6-11/h3,5-8,10,15-16H,1,4,9H2,2H3. The normalized spacial score (nSPS) is 11.9. The van der Waals surface area contributed by atoms with Crippen molar-refractivity contribution in [1.82, 2.24) is 0 Å². The highest BCUT2D eigenvalue weighted by atomic mass is 16.3. The third-order valence-corrected chi connectivity index (χ3v) is 2.59. The van der Waals surface area contributed by atoms with E-state index in [9.17, 15) is 4.79 Å². The number of aromatic hydroxyl groups is 1. The number of amides is 1. The molecule has 0 bridgehead atoms. The SMILES string of the molecule is C=CCC(CO)C(=O)N(C)c1ccc(O)cc1. The van der Waals surface area contributed by atoms with Crippen molar-refractivity contribution in [1.29, 1.82) is 0 Å². The highest BCUT2D eigenvalue weighted by Crippen LogP contribution is 2.19. The van der Waals surface area contributed by atoms with E-state index in [4.69, 9.17) is 10.2 Å². The number of aliphatic hydroxyl groups is 1. The molecule has 2 N–H and O–H groups in total. The fourth-order valence-corrected chi connectivity index (χ4v) is 1.53. The number of hydrogen-bond donors (Lipinski definition) is 2. The molecule has 1 aromatic carbocycles. The number of nitrogens with zero attached hydrogens (tertiary/aromatic N) is 1. The molecule has 0 aromatic heterocycles. The lowest BCUT2D eigenvalue weighted by Crippen LogP contribution is -2.34. The molecular formula is C13H17NO3. The third-order valence-electron chi connectivity index (χ3n) is 2.59. The Hall–Kier alpha value is -1.81. The number of benzene rings is 1. The van der Waals surface area contributed by atoms with E-state index in [2.05, 4.69) is 6.58 Å². The Kier molecular flexibility index (Phi) is 4.72. The first-order chi connectivity index (χ1) is 8.10. The highest BCUT2D eigenvalue weighted by molar-refractivity contribution is 5.94. The maximum absolute atomic E-state index is 12.0. The predicted molar refractivity (Wildman–Crippen MR) is 66.9 cm³/mol. The average Bonchev–Trinajstić information content (AvgIpc) is 2.35. The monoisotopic (exact) mass is 235 g/mol. The van der Waals surface area contributed by atoms with Gasteiger partial charge >= 0.3 is 0 Å². The summed E-state index contributed by atoms with van der Waals surface area (Å²) < 4.78 is 0. The number of allylic oxidation sites excluding steroid dienone is 1. The summed E-state index contributed by atoms with van der Waals surface area (Å²) in [6.45, 7) is 3.36. The summed E-state index contributed by atoms with van der Waals surface area (Å²) >= 11 is 0. The van der Waals surface area contributed by atoms with Gasteiger partial charge in [-0.2, -0.15) is 0 Å². The Labute approximate surface area is 101 Å². The summed E-state index contributed by atoms with van der Waals surface area (Å²) in [6, 6.07) is 6.33. The van der Waals surface area contributed by atoms with E-state index in [0.29, 0.717) is 12.1 Å². The molecule has 1 amide bonds. The quantitative estimate of drug-likeness (QED) is 0.761. The summed E-state index contributed by atoms with van der Waals surface area (Å²) in [5, 5.41) is 18.3. The third kappa shape index (κ3) is 3.32. The molecule has 1 atom stereocenters. The number of rotatable bonds is 5. The number of phenolic OH excluding ortho intramolecular Hbond substituents is 1. The summed E-state index contributed by atoms with van der Waals surface area (Å²) in [6.07, 6.45) is 2.06. The summed E-state index contributed by atoms with van der Waals surface area (Å²) in [5.74, 6) is -0.483. The summed E-state index contributed by atoms with van der Waals surface area (Å²) in [4.78, 5) is 13.5. The van der Waals surface area contributed by atoms with Crippen LogP contribution in [0.5, 0.6) is 5.75 Å². The van der Waals surface area contributed by atoms with Crippen LogP contribution >= 0.6 is 0 Å². The van der Waals surface area contributed by atoms with Crippen LogP contribution in [-0.2, 0) is 4.79 Å². The van der Waals surface area contributed by atoms with Crippen molar-refractivity contribution in [2.45, 2.75) is 6.42 Å². The number of aliphatic hydroxyl groups excluding tert-OH is 1. The molecule has 0 aliphatic rings. The lowest BCUT2D eigenvalue weighted by molar-refractivity contribution is -0.123. The van der Waals surface area contributed by atoms with Gasteiger partial charge in [-0.25, -0.2) is 0 Å². The first-order valence-corrected chi connectivity index (χ1v) is 5.38. The molecule has 0 aliphatic heterocycles. The van der Waals surface area contributed by atoms with Gasteiger partial charge in [0.05, 0.1) is 12.5 Å². The molecule has 0 heterocycles. The smallest absolute Gasteiger partial charge is 0.232 e. The van der Waals surface area contributed by atoms with Crippen LogP contribution in [0.3, 0.4) is 0 Å². The van der Waals surface area contributed by atoms with E-state index in [0.717, 1.165) is 0 Å². The Morgan fingerprint density at radius 2 is 2.06 bits per heavy atom. The van der Waals surface area contributed by atoms with E-state index in [1.54, 1.807) is 25.3 Å². The minimum atomic E-state index is -0.466. The van der Waals surface area contributed by atoms with Gasteiger partial charge in [0.1, 0.15) is 5.75 Å². The molecule has 1 aromatic rings. The zero-order valence-corrected chi connectivity index (χ0v) is 9.84. The van der Waals surface area contributed by atoms with Crippen molar-refractivity contribution in [2.24, 2.45) is 5.92 Å². The molecule has 0 aliphatic carbocycles. The fourth-order valence-electron chi connectivity index (χ4n) is 1.53. The molecular weight excluding hydrogens is 218 g/mol. The number of anilines is 1. The number of phenols is 1. The van der Waals surface area contributed by atoms with Gasteiger partial charge < -0.3 is 15.1 Å². The van der Waals surface area contributed by atoms with E-state index < -0.39 is 5.92 Å². The molecule has 0 saturated heterocycles. The van der Waals surface area contributed by atoms with Crippen molar-refractivity contribution in [3.05, 3.63) is 36.9 Å². The van der Waals surface area contributed by atoms with Crippen LogP contribution in [0.4, 0.5) is 5.69 Å². The first-order valence-electron chi connectivity index (χ1n) is 5.38. The molecule has 0 fully saturated rings.